The predicted octanol–water partition coefficient (Wildman–Crippen LogP) is 4.74. The Balaban J connectivity index is 1.34. The van der Waals surface area contributed by atoms with E-state index in [-0.39, 0.29) is 29.1 Å². The zero-order valence-electron chi connectivity index (χ0n) is 23.6. The van der Waals surface area contributed by atoms with Gasteiger partial charge in [0.2, 0.25) is 0 Å². The zero-order chi connectivity index (χ0) is 30.8. The largest absolute Gasteiger partial charge is 0.484 e. The first-order chi connectivity index (χ1) is 20.6. The van der Waals surface area contributed by atoms with Crippen LogP contribution >= 0.6 is 0 Å². The molecule has 0 fully saturated rings. The van der Waals surface area contributed by atoms with E-state index >= 15 is 0 Å². The molecule has 0 aliphatic carbocycles. The summed E-state index contributed by atoms with van der Waals surface area (Å²) in [5, 5.41) is 6.77. The lowest BCUT2D eigenvalue weighted by molar-refractivity contribution is -0.123. The molecular weight excluding hydrogens is 571 g/mol. The van der Waals surface area contributed by atoms with E-state index in [0.29, 0.717) is 15.6 Å². The summed E-state index contributed by atoms with van der Waals surface area (Å²) in [6, 6.07) is 27.4. The Morgan fingerprint density at radius 1 is 0.907 bits per heavy atom. The Kier molecular flexibility index (Phi) is 10.2. The van der Waals surface area contributed by atoms with Gasteiger partial charge in [0.05, 0.1) is 22.8 Å². The molecule has 43 heavy (non-hydrogen) atoms. The van der Waals surface area contributed by atoms with Crippen molar-refractivity contribution in [3.05, 3.63) is 126 Å². The van der Waals surface area contributed by atoms with E-state index in [2.05, 4.69) is 15.8 Å². The van der Waals surface area contributed by atoms with Crippen LogP contribution < -0.4 is 19.8 Å². The maximum atomic E-state index is 14.6. The number of carbonyl (C=O) groups excluding carboxylic acids is 2. The van der Waals surface area contributed by atoms with E-state index in [1.165, 1.54) is 36.5 Å². The SMILES string of the molecule is Cc1ccc(S(=O)(=O)N(CC(=O)N/N=C\c2ccc(OCC(=O)N[C@H](C)c3ccccc3)cc2)c2ccccc2F)cc1. The number of para-hydroxylation sites is 1. The van der Waals surface area contributed by atoms with Gasteiger partial charge >= 0.3 is 0 Å². The number of halogens is 1. The van der Waals surface area contributed by atoms with Crippen LogP contribution in [0.15, 0.2) is 113 Å². The molecule has 0 aromatic heterocycles. The monoisotopic (exact) mass is 602 g/mol. The maximum absolute atomic E-state index is 14.6. The number of benzene rings is 4. The van der Waals surface area contributed by atoms with Crippen LogP contribution in [0.3, 0.4) is 0 Å². The van der Waals surface area contributed by atoms with Crippen molar-refractivity contribution < 1.29 is 27.1 Å². The van der Waals surface area contributed by atoms with E-state index in [4.69, 9.17) is 4.74 Å². The van der Waals surface area contributed by atoms with E-state index in [1.807, 2.05) is 44.2 Å². The lowest BCUT2D eigenvalue weighted by Gasteiger charge is -2.24. The van der Waals surface area contributed by atoms with Crippen LogP contribution in [0.25, 0.3) is 0 Å². The average Bonchev–Trinajstić information content (AvgIpc) is 3.00. The fourth-order valence-electron chi connectivity index (χ4n) is 4.04. The summed E-state index contributed by atoms with van der Waals surface area (Å²) in [6.07, 6.45) is 1.36. The molecule has 0 saturated carbocycles. The predicted molar refractivity (Wildman–Crippen MR) is 163 cm³/mol. The Labute approximate surface area is 250 Å². The van der Waals surface area contributed by atoms with E-state index in [9.17, 15) is 22.4 Å². The summed E-state index contributed by atoms with van der Waals surface area (Å²) < 4.78 is 47.6. The third-order valence-electron chi connectivity index (χ3n) is 6.35. The Bertz CT molecular complexity index is 1680. The summed E-state index contributed by atoms with van der Waals surface area (Å²) in [7, 11) is -4.26. The molecule has 9 nitrogen and oxygen atoms in total. The van der Waals surface area contributed by atoms with Crippen LogP contribution in [0.5, 0.6) is 5.75 Å². The van der Waals surface area contributed by atoms with Crippen molar-refractivity contribution in [2.45, 2.75) is 24.8 Å². The van der Waals surface area contributed by atoms with Crippen LogP contribution in [-0.4, -0.2) is 39.6 Å². The number of hydrogen-bond acceptors (Lipinski definition) is 6. The number of hydrogen-bond donors (Lipinski definition) is 2. The van der Waals surface area contributed by atoms with Gasteiger partial charge in [-0.05, 0) is 73.5 Å². The van der Waals surface area contributed by atoms with Gasteiger partial charge in [0, 0.05) is 0 Å². The zero-order valence-corrected chi connectivity index (χ0v) is 24.4. The molecule has 0 bridgehead atoms. The van der Waals surface area contributed by atoms with Crippen LogP contribution in [0.1, 0.15) is 29.7 Å². The number of hydrazone groups is 1. The van der Waals surface area contributed by atoms with E-state index in [0.717, 1.165) is 17.2 Å². The van der Waals surface area contributed by atoms with Crippen LogP contribution in [0, 0.1) is 12.7 Å². The van der Waals surface area contributed by atoms with Crippen LogP contribution in [0.4, 0.5) is 10.1 Å². The van der Waals surface area contributed by atoms with Gasteiger partial charge in [0.1, 0.15) is 18.1 Å². The normalized spacial score (nSPS) is 12.0. The van der Waals surface area contributed by atoms with Crippen molar-refractivity contribution in [2.24, 2.45) is 5.10 Å². The molecule has 0 spiro atoms. The van der Waals surface area contributed by atoms with Gasteiger partial charge < -0.3 is 10.1 Å². The molecule has 0 unspecified atom stereocenters. The lowest BCUT2D eigenvalue weighted by Crippen LogP contribution is -2.40. The fourth-order valence-corrected chi connectivity index (χ4v) is 5.47. The second-order valence-electron chi connectivity index (χ2n) is 9.63. The van der Waals surface area contributed by atoms with E-state index < -0.39 is 28.3 Å². The van der Waals surface area contributed by atoms with Crippen molar-refractivity contribution in [1.82, 2.24) is 10.7 Å². The quantitative estimate of drug-likeness (QED) is 0.180. The highest BCUT2D eigenvalue weighted by Gasteiger charge is 2.29. The highest BCUT2D eigenvalue weighted by molar-refractivity contribution is 7.92. The molecular formula is C32H31FN4O5S. The van der Waals surface area contributed by atoms with Gasteiger partial charge in [-0.3, -0.25) is 13.9 Å². The Hall–Kier alpha value is -5.03. The second kappa shape index (κ2) is 14.2. The lowest BCUT2D eigenvalue weighted by atomic mass is 10.1. The number of amides is 2. The Morgan fingerprint density at radius 2 is 1.56 bits per heavy atom. The van der Waals surface area contributed by atoms with Gasteiger partial charge in [-0.25, -0.2) is 18.2 Å². The van der Waals surface area contributed by atoms with Crippen LogP contribution in [0.2, 0.25) is 0 Å². The number of ether oxygens (including phenoxy) is 1. The van der Waals surface area contributed by atoms with Crippen LogP contribution in [-0.2, 0) is 19.6 Å². The third kappa shape index (κ3) is 8.49. The molecule has 11 heteroatoms. The minimum absolute atomic E-state index is 0.0804. The van der Waals surface area contributed by atoms with Crippen molar-refractivity contribution in [2.75, 3.05) is 17.5 Å². The first-order valence-electron chi connectivity index (χ1n) is 13.4. The number of aryl methyl sites for hydroxylation is 1. The highest BCUT2D eigenvalue weighted by Crippen LogP contribution is 2.26. The smallest absolute Gasteiger partial charge is 0.264 e. The average molecular weight is 603 g/mol. The first-order valence-corrected chi connectivity index (χ1v) is 14.8. The van der Waals surface area contributed by atoms with E-state index in [1.54, 1.807) is 36.4 Å². The second-order valence-corrected chi connectivity index (χ2v) is 11.5. The first kappa shape index (κ1) is 30.9. The molecule has 1 atom stereocenters. The summed E-state index contributed by atoms with van der Waals surface area (Å²) in [5.41, 5.74) is 4.46. The van der Waals surface area contributed by atoms with Gasteiger partial charge in [0.25, 0.3) is 21.8 Å². The van der Waals surface area contributed by atoms with Crippen molar-refractivity contribution in [1.29, 1.82) is 0 Å². The van der Waals surface area contributed by atoms with Gasteiger partial charge in [0.15, 0.2) is 6.61 Å². The molecule has 0 aliphatic rings. The molecule has 4 rings (SSSR count). The standard InChI is InChI=1S/C32H31FN4O5S/c1-23-12-18-28(19-13-23)43(40,41)37(30-11-7-6-10-29(30)33)21-31(38)36-34-20-25-14-16-27(17-15-25)42-22-32(39)35-24(2)26-8-4-3-5-9-26/h3-20,24H,21-22H2,1-2H3,(H,35,39)(H,36,38)/b34-20-/t24-/m1/s1. The molecule has 0 aliphatic heterocycles. The summed E-state index contributed by atoms with van der Waals surface area (Å²) in [5.74, 6) is -1.37. The summed E-state index contributed by atoms with van der Waals surface area (Å²) in [6.45, 7) is 2.83. The molecule has 0 radical (unpaired) electrons. The summed E-state index contributed by atoms with van der Waals surface area (Å²) >= 11 is 0. The number of carbonyl (C=O) groups is 2. The topological polar surface area (TPSA) is 117 Å². The molecule has 4 aromatic carbocycles. The van der Waals surface area contributed by atoms with Gasteiger partial charge in [-0.1, -0.05) is 60.2 Å². The van der Waals surface area contributed by atoms with Gasteiger partial charge in [-0.15, -0.1) is 0 Å². The number of rotatable bonds is 12. The van der Waals surface area contributed by atoms with Crippen molar-refractivity contribution in [3.63, 3.8) is 0 Å². The molecule has 4 aromatic rings. The van der Waals surface area contributed by atoms with Gasteiger partial charge in [-0.2, -0.15) is 5.10 Å². The number of nitrogens with one attached hydrogen (secondary N) is 2. The molecule has 0 saturated heterocycles. The Morgan fingerprint density at radius 3 is 2.23 bits per heavy atom. The van der Waals surface area contributed by atoms with Crippen molar-refractivity contribution >= 4 is 33.7 Å². The highest BCUT2D eigenvalue weighted by atomic mass is 32.2. The number of nitrogens with zero attached hydrogens (tertiary/aromatic N) is 2. The maximum Gasteiger partial charge on any atom is 0.264 e. The minimum Gasteiger partial charge on any atom is -0.484 e. The molecule has 222 valence electrons. The molecule has 0 heterocycles. The number of sulfonamides is 1. The minimum atomic E-state index is -4.26. The number of anilines is 1. The van der Waals surface area contributed by atoms with Crippen molar-refractivity contribution in [3.8, 4) is 5.75 Å². The fraction of sp³-hybridized carbons (Fsp3) is 0.156. The third-order valence-corrected chi connectivity index (χ3v) is 8.12. The molecule has 2 amide bonds. The summed E-state index contributed by atoms with van der Waals surface area (Å²) in [4.78, 5) is 24.9. The molecule has 2 N–H and O–H groups in total.